The molecule has 0 radical (unpaired) electrons. The fourth-order valence-corrected chi connectivity index (χ4v) is 2.16. The molecule has 1 aromatic carbocycles. The highest BCUT2D eigenvalue weighted by atomic mass is 35.5. The molecule has 0 aliphatic carbocycles. The minimum Gasteiger partial charge on any atom is -0.431 e. The summed E-state index contributed by atoms with van der Waals surface area (Å²) in [6, 6.07) is 6.55. The maximum absolute atomic E-state index is 10.6. The van der Waals surface area contributed by atoms with Gasteiger partial charge >= 0.3 is 5.00 Å². The Hall–Kier alpha value is -2.30. The number of nitrogens with zero attached hydrogens (tertiary/aromatic N) is 3. The fourth-order valence-electron chi connectivity index (χ4n) is 1.25. The normalized spacial score (nSPS) is 11.0. The molecule has 1 aromatic heterocycles. The second kappa shape index (κ2) is 7.11. The SMILES string of the molecule is NC(=NNC(=S)Oc1ccc(Cl)cc1)c1ncc([N+](=O)[O-])s1. The van der Waals surface area contributed by atoms with Crippen LogP contribution < -0.4 is 15.9 Å². The third kappa shape index (κ3) is 4.35. The molecular formula is C11H8ClN5O3S2. The van der Waals surface area contributed by atoms with Gasteiger partial charge in [-0.05, 0) is 47.8 Å². The van der Waals surface area contributed by atoms with Gasteiger partial charge in [-0.3, -0.25) is 10.1 Å². The Labute approximate surface area is 138 Å². The van der Waals surface area contributed by atoms with Gasteiger partial charge in [0.05, 0.1) is 4.92 Å². The van der Waals surface area contributed by atoms with Gasteiger partial charge in [0.1, 0.15) is 11.9 Å². The number of halogens is 1. The van der Waals surface area contributed by atoms with Crippen molar-refractivity contribution in [2.45, 2.75) is 0 Å². The van der Waals surface area contributed by atoms with Crippen molar-refractivity contribution in [1.82, 2.24) is 10.4 Å². The molecule has 2 aromatic rings. The van der Waals surface area contributed by atoms with Crippen molar-refractivity contribution >= 4 is 51.2 Å². The summed E-state index contributed by atoms with van der Waals surface area (Å²) in [5.74, 6) is 0.431. The van der Waals surface area contributed by atoms with Crippen LogP contribution in [0.4, 0.5) is 5.00 Å². The van der Waals surface area contributed by atoms with Crippen LogP contribution in [-0.4, -0.2) is 20.9 Å². The zero-order valence-corrected chi connectivity index (χ0v) is 13.1. The summed E-state index contributed by atoms with van der Waals surface area (Å²) in [6.45, 7) is 0. The number of ether oxygens (including phenoxy) is 1. The number of amidine groups is 1. The van der Waals surface area contributed by atoms with Gasteiger partial charge in [0.25, 0.3) is 5.17 Å². The molecule has 22 heavy (non-hydrogen) atoms. The number of nitrogens with two attached hydrogens (primary N) is 1. The molecule has 0 aliphatic rings. The van der Waals surface area contributed by atoms with E-state index in [-0.39, 0.29) is 21.0 Å². The van der Waals surface area contributed by atoms with Gasteiger partial charge in [-0.15, -0.1) is 0 Å². The van der Waals surface area contributed by atoms with Crippen molar-refractivity contribution < 1.29 is 9.66 Å². The van der Waals surface area contributed by atoms with E-state index in [4.69, 9.17) is 34.3 Å². The number of hydrogen-bond acceptors (Lipinski definition) is 7. The largest absolute Gasteiger partial charge is 0.431 e. The first-order valence-corrected chi connectivity index (χ1v) is 7.23. The van der Waals surface area contributed by atoms with Crippen LogP contribution in [0.2, 0.25) is 5.02 Å². The predicted molar refractivity (Wildman–Crippen MR) is 87.3 cm³/mol. The van der Waals surface area contributed by atoms with Crippen LogP contribution in [0.15, 0.2) is 35.6 Å². The molecule has 3 N–H and O–H groups in total. The standard InChI is InChI=1S/C11H8ClN5O3S2/c12-6-1-3-7(4-2-6)20-11(21)16-15-9(13)10-14-5-8(22-10)17(18)19/h1-5H,(H2,13,15)(H,16,21). The molecule has 1 heterocycles. The van der Waals surface area contributed by atoms with E-state index < -0.39 is 4.92 Å². The molecule has 0 bridgehead atoms. The average Bonchev–Trinajstić information content (AvgIpc) is 2.97. The van der Waals surface area contributed by atoms with E-state index in [1.165, 1.54) is 0 Å². The number of rotatable bonds is 4. The molecule has 0 atom stereocenters. The maximum atomic E-state index is 10.6. The van der Waals surface area contributed by atoms with Crippen LogP contribution in [0.3, 0.4) is 0 Å². The molecule has 11 heteroatoms. The smallest absolute Gasteiger partial charge is 0.344 e. The Bertz CT molecular complexity index is 732. The van der Waals surface area contributed by atoms with Crippen LogP contribution in [0.25, 0.3) is 0 Å². The number of hydrazone groups is 1. The van der Waals surface area contributed by atoms with Crippen LogP contribution >= 0.6 is 35.2 Å². The van der Waals surface area contributed by atoms with E-state index in [9.17, 15) is 10.1 Å². The van der Waals surface area contributed by atoms with E-state index >= 15 is 0 Å². The van der Waals surface area contributed by atoms with Crippen molar-refractivity contribution in [3.8, 4) is 5.75 Å². The third-order valence-corrected chi connectivity index (χ3v) is 3.58. The number of thiazole rings is 1. The van der Waals surface area contributed by atoms with E-state index in [1.807, 2.05) is 0 Å². The third-order valence-electron chi connectivity index (χ3n) is 2.18. The van der Waals surface area contributed by atoms with E-state index in [2.05, 4.69) is 15.5 Å². The van der Waals surface area contributed by atoms with Crippen LogP contribution in [0.1, 0.15) is 5.01 Å². The summed E-state index contributed by atoms with van der Waals surface area (Å²) in [4.78, 5) is 13.8. The fraction of sp³-hybridized carbons (Fsp3) is 0. The molecular weight excluding hydrogens is 350 g/mol. The summed E-state index contributed by atoms with van der Waals surface area (Å²) in [5.41, 5.74) is 8.07. The highest BCUT2D eigenvalue weighted by Crippen LogP contribution is 2.20. The van der Waals surface area contributed by atoms with Gasteiger partial charge in [0.2, 0.25) is 0 Å². The zero-order valence-electron chi connectivity index (χ0n) is 10.7. The lowest BCUT2D eigenvalue weighted by Crippen LogP contribution is -2.26. The molecule has 0 aliphatic heterocycles. The lowest BCUT2D eigenvalue weighted by atomic mass is 10.3. The van der Waals surface area contributed by atoms with E-state index in [0.717, 1.165) is 17.5 Å². The molecule has 0 unspecified atom stereocenters. The topological polar surface area (TPSA) is 116 Å². The number of hydrogen-bond donors (Lipinski definition) is 2. The first-order valence-electron chi connectivity index (χ1n) is 5.63. The van der Waals surface area contributed by atoms with Crippen molar-refractivity contribution in [1.29, 1.82) is 0 Å². The molecule has 8 nitrogen and oxygen atoms in total. The number of aromatic nitrogens is 1. The summed E-state index contributed by atoms with van der Waals surface area (Å²) in [5, 5.41) is 14.9. The van der Waals surface area contributed by atoms with Crippen LogP contribution in [-0.2, 0) is 0 Å². The first kappa shape index (κ1) is 16.1. The van der Waals surface area contributed by atoms with E-state index in [1.54, 1.807) is 24.3 Å². The minimum atomic E-state index is -0.559. The lowest BCUT2D eigenvalue weighted by molar-refractivity contribution is -0.380. The van der Waals surface area contributed by atoms with Crippen molar-refractivity contribution in [2.24, 2.45) is 10.8 Å². The van der Waals surface area contributed by atoms with Crippen LogP contribution in [0.5, 0.6) is 5.75 Å². The summed E-state index contributed by atoms with van der Waals surface area (Å²) in [6.07, 6.45) is 1.10. The van der Waals surface area contributed by atoms with Gasteiger partial charge in [-0.25, -0.2) is 10.4 Å². The summed E-state index contributed by atoms with van der Waals surface area (Å²) < 4.78 is 5.27. The summed E-state index contributed by atoms with van der Waals surface area (Å²) >= 11 is 11.5. The van der Waals surface area contributed by atoms with Gasteiger partial charge in [-0.2, -0.15) is 5.10 Å². The second-order valence-corrected chi connectivity index (χ2v) is 5.53. The highest BCUT2D eigenvalue weighted by molar-refractivity contribution is 7.80. The monoisotopic (exact) mass is 357 g/mol. The van der Waals surface area contributed by atoms with E-state index in [0.29, 0.717) is 10.8 Å². The Morgan fingerprint density at radius 3 is 2.77 bits per heavy atom. The molecule has 0 fully saturated rings. The highest BCUT2D eigenvalue weighted by Gasteiger charge is 2.14. The van der Waals surface area contributed by atoms with Crippen molar-refractivity contribution in [2.75, 3.05) is 0 Å². The Balaban J connectivity index is 1.96. The first-order chi connectivity index (χ1) is 10.5. The summed E-state index contributed by atoms with van der Waals surface area (Å²) in [7, 11) is 0. The Kier molecular flexibility index (Phi) is 5.20. The maximum Gasteiger partial charge on any atom is 0.344 e. The zero-order chi connectivity index (χ0) is 16.1. The van der Waals surface area contributed by atoms with Gasteiger partial charge in [0, 0.05) is 5.02 Å². The van der Waals surface area contributed by atoms with Crippen LogP contribution in [0, 0.1) is 10.1 Å². The Morgan fingerprint density at radius 1 is 1.50 bits per heavy atom. The molecule has 0 amide bonds. The minimum absolute atomic E-state index is 0.0415. The van der Waals surface area contributed by atoms with Crippen molar-refractivity contribution in [3.63, 3.8) is 0 Å². The number of nitro groups is 1. The molecule has 0 spiro atoms. The lowest BCUT2D eigenvalue weighted by Gasteiger charge is -2.06. The van der Waals surface area contributed by atoms with Gasteiger partial charge in [0.15, 0.2) is 10.8 Å². The molecule has 2 rings (SSSR count). The number of nitrogens with one attached hydrogen (secondary N) is 1. The quantitative estimate of drug-likeness (QED) is 0.283. The Morgan fingerprint density at radius 2 is 2.18 bits per heavy atom. The van der Waals surface area contributed by atoms with Crippen molar-refractivity contribution in [3.05, 3.63) is 50.6 Å². The molecule has 0 saturated carbocycles. The number of benzene rings is 1. The average molecular weight is 358 g/mol. The molecule has 114 valence electrons. The molecule has 0 saturated heterocycles. The van der Waals surface area contributed by atoms with Gasteiger partial charge in [-0.1, -0.05) is 11.6 Å². The second-order valence-electron chi connectivity index (χ2n) is 3.71. The predicted octanol–water partition coefficient (Wildman–Crippen LogP) is 2.28. The number of thiocarbonyl (C=S) groups is 1. The van der Waals surface area contributed by atoms with Gasteiger partial charge < -0.3 is 10.5 Å².